The van der Waals surface area contributed by atoms with Gasteiger partial charge in [-0.05, 0) is 35.2 Å². The van der Waals surface area contributed by atoms with Gasteiger partial charge in [0, 0.05) is 24.5 Å². The molecule has 0 unspecified atom stereocenters. The van der Waals surface area contributed by atoms with Crippen molar-refractivity contribution in [2.75, 3.05) is 6.54 Å². The van der Waals surface area contributed by atoms with Gasteiger partial charge < -0.3 is 5.32 Å². The fraction of sp³-hybridized carbons (Fsp3) is 0.100. The lowest BCUT2D eigenvalue weighted by molar-refractivity contribution is 0.0955. The summed E-state index contributed by atoms with van der Waals surface area (Å²) in [7, 11) is 0. The molecule has 0 aliphatic heterocycles. The highest BCUT2D eigenvalue weighted by Crippen LogP contribution is 2.23. The number of nitrogens with one attached hydrogen (secondary N) is 1. The maximum Gasteiger partial charge on any atom is 0.251 e. The standard InChI is InChI=1S/C20H18N2O/c23-20(22-14-12-16-7-6-13-21-15-16)19-11-5-4-10-18(19)17-8-2-1-3-9-17/h1-11,13,15H,12,14H2,(H,22,23). The zero-order valence-corrected chi connectivity index (χ0v) is 12.8. The van der Waals surface area contributed by atoms with Gasteiger partial charge >= 0.3 is 0 Å². The van der Waals surface area contributed by atoms with E-state index in [0.717, 1.165) is 23.1 Å². The Balaban J connectivity index is 1.70. The van der Waals surface area contributed by atoms with Gasteiger partial charge in [-0.2, -0.15) is 0 Å². The van der Waals surface area contributed by atoms with E-state index in [1.54, 1.807) is 6.20 Å². The van der Waals surface area contributed by atoms with Crippen LogP contribution in [-0.4, -0.2) is 17.4 Å². The van der Waals surface area contributed by atoms with Gasteiger partial charge in [0.1, 0.15) is 0 Å². The number of hydrogen-bond acceptors (Lipinski definition) is 2. The highest BCUT2D eigenvalue weighted by atomic mass is 16.1. The zero-order chi connectivity index (χ0) is 15.9. The maximum absolute atomic E-state index is 12.5. The summed E-state index contributed by atoms with van der Waals surface area (Å²) in [5, 5.41) is 2.99. The maximum atomic E-state index is 12.5. The minimum absolute atomic E-state index is 0.0478. The van der Waals surface area contributed by atoms with E-state index in [1.807, 2.05) is 72.9 Å². The number of rotatable bonds is 5. The third-order valence-electron chi connectivity index (χ3n) is 3.68. The van der Waals surface area contributed by atoms with Crippen LogP contribution in [0.3, 0.4) is 0 Å². The molecule has 0 bridgehead atoms. The first-order valence-corrected chi connectivity index (χ1v) is 7.66. The van der Waals surface area contributed by atoms with Gasteiger partial charge in [0.05, 0.1) is 0 Å². The molecule has 2 aromatic carbocycles. The Morgan fingerprint density at radius 3 is 2.48 bits per heavy atom. The Hall–Kier alpha value is -2.94. The molecule has 1 heterocycles. The summed E-state index contributed by atoms with van der Waals surface area (Å²) in [6.07, 6.45) is 4.34. The van der Waals surface area contributed by atoms with Gasteiger partial charge in [-0.1, -0.05) is 54.6 Å². The number of carbonyl (C=O) groups excluding carboxylic acids is 1. The van der Waals surface area contributed by atoms with E-state index in [0.29, 0.717) is 12.1 Å². The lowest BCUT2D eigenvalue weighted by atomic mass is 9.99. The number of nitrogens with zero attached hydrogens (tertiary/aromatic N) is 1. The van der Waals surface area contributed by atoms with Crippen LogP contribution in [0.15, 0.2) is 79.1 Å². The molecule has 114 valence electrons. The Labute approximate surface area is 136 Å². The van der Waals surface area contributed by atoms with Crippen molar-refractivity contribution >= 4 is 5.91 Å². The summed E-state index contributed by atoms with van der Waals surface area (Å²) in [5.41, 5.74) is 3.81. The summed E-state index contributed by atoms with van der Waals surface area (Å²) in [6, 6.07) is 21.6. The van der Waals surface area contributed by atoms with Gasteiger partial charge in [0.15, 0.2) is 0 Å². The highest BCUT2D eigenvalue weighted by Gasteiger charge is 2.11. The molecule has 23 heavy (non-hydrogen) atoms. The first kappa shape index (κ1) is 15.0. The summed E-state index contributed by atoms with van der Waals surface area (Å²) in [4.78, 5) is 16.6. The molecule has 0 atom stereocenters. The summed E-state index contributed by atoms with van der Waals surface area (Å²) < 4.78 is 0. The van der Waals surface area contributed by atoms with Crippen LogP contribution in [0.2, 0.25) is 0 Å². The van der Waals surface area contributed by atoms with Gasteiger partial charge in [0.2, 0.25) is 0 Å². The van der Waals surface area contributed by atoms with Gasteiger partial charge in [-0.15, -0.1) is 0 Å². The van der Waals surface area contributed by atoms with Crippen LogP contribution in [0.5, 0.6) is 0 Å². The van der Waals surface area contributed by atoms with E-state index in [4.69, 9.17) is 0 Å². The highest BCUT2D eigenvalue weighted by molar-refractivity contribution is 6.00. The van der Waals surface area contributed by atoms with Crippen molar-refractivity contribution < 1.29 is 4.79 Å². The van der Waals surface area contributed by atoms with E-state index in [9.17, 15) is 4.79 Å². The first-order valence-electron chi connectivity index (χ1n) is 7.66. The lowest BCUT2D eigenvalue weighted by Crippen LogP contribution is -2.26. The lowest BCUT2D eigenvalue weighted by Gasteiger charge is -2.10. The third kappa shape index (κ3) is 3.83. The number of aromatic nitrogens is 1. The second kappa shape index (κ2) is 7.36. The van der Waals surface area contributed by atoms with Crippen molar-refractivity contribution in [1.29, 1.82) is 0 Å². The molecule has 0 saturated carbocycles. The quantitative estimate of drug-likeness (QED) is 0.780. The van der Waals surface area contributed by atoms with Crippen molar-refractivity contribution in [3.8, 4) is 11.1 Å². The van der Waals surface area contributed by atoms with Crippen molar-refractivity contribution in [3.05, 3.63) is 90.3 Å². The van der Waals surface area contributed by atoms with E-state index in [-0.39, 0.29) is 5.91 Å². The molecule has 0 spiro atoms. The average molecular weight is 302 g/mol. The van der Waals surface area contributed by atoms with Crippen molar-refractivity contribution in [1.82, 2.24) is 10.3 Å². The molecule has 3 heteroatoms. The van der Waals surface area contributed by atoms with Crippen LogP contribution >= 0.6 is 0 Å². The Kier molecular flexibility index (Phi) is 4.79. The summed E-state index contributed by atoms with van der Waals surface area (Å²) in [5.74, 6) is -0.0478. The minimum atomic E-state index is -0.0478. The second-order valence-corrected chi connectivity index (χ2v) is 5.28. The fourth-order valence-electron chi connectivity index (χ4n) is 2.51. The number of benzene rings is 2. The van der Waals surface area contributed by atoms with E-state index in [2.05, 4.69) is 10.3 Å². The zero-order valence-electron chi connectivity index (χ0n) is 12.8. The summed E-state index contributed by atoms with van der Waals surface area (Å²) >= 11 is 0. The monoisotopic (exact) mass is 302 g/mol. The predicted molar refractivity (Wildman–Crippen MR) is 92.2 cm³/mol. The van der Waals surface area contributed by atoms with Crippen LogP contribution in [0.1, 0.15) is 15.9 Å². The normalized spacial score (nSPS) is 10.3. The molecule has 1 amide bonds. The molecule has 0 aliphatic carbocycles. The molecule has 0 aliphatic rings. The Morgan fingerprint density at radius 1 is 0.913 bits per heavy atom. The van der Waals surface area contributed by atoms with E-state index < -0.39 is 0 Å². The van der Waals surface area contributed by atoms with Gasteiger partial charge in [-0.3, -0.25) is 9.78 Å². The Morgan fingerprint density at radius 2 is 1.70 bits per heavy atom. The van der Waals surface area contributed by atoms with Gasteiger partial charge in [0.25, 0.3) is 5.91 Å². The number of hydrogen-bond donors (Lipinski definition) is 1. The molecule has 1 N–H and O–H groups in total. The van der Waals surface area contributed by atoms with E-state index >= 15 is 0 Å². The molecular formula is C20H18N2O. The average Bonchev–Trinajstić information content (AvgIpc) is 2.63. The molecule has 3 nitrogen and oxygen atoms in total. The molecule has 3 aromatic rings. The summed E-state index contributed by atoms with van der Waals surface area (Å²) in [6.45, 7) is 0.591. The number of pyridine rings is 1. The van der Waals surface area contributed by atoms with Crippen molar-refractivity contribution in [2.45, 2.75) is 6.42 Å². The minimum Gasteiger partial charge on any atom is -0.352 e. The van der Waals surface area contributed by atoms with Gasteiger partial charge in [-0.25, -0.2) is 0 Å². The molecule has 0 saturated heterocycles. The largest absolute Gasteiger partial charge is 0.352 e. The molecule has 0 radical (unpaired) electrons. The van der Waals surface area contributed by atoms with Crippen LogP contribution < -0.4 is 5.32 Å². The number of amides is 1. The molecule has 3 rings (SSSR count). The van der Waals surface area contributed by atoms with E-state index in [1.165, 1.54) is 0 Å². The van der Waals surface area contributed by atoms with Crippen LogP contribution in [0.4, 0.5) is 0 Å². The fourth-order valence-corrected chi connectivity index (χ4v) is 2.51. The smallest absolute Gasteiger partial charge is 0.251 e. The Bertz CT molecular complexity index is 770. The van der Waals surface area contributed by atoms with Crippen LogP contribution in [-0.2, 0) is 6.42 Å². The van der Waals surface area contributed by atoms with Crippen LogP contribution in [0, 0.1) is 0 Å². The topological polar surface area (TPSA) is 42.0 Å². The predicted octanol–water partition coefficient (Wildman–Crippen LogP) is 3.72. The first-order chi connectivity index (χ1) is 11.3. The molecule has 1 aromatic heterocycles. The second-order valence-electron chi connectivity index (χ2n) is 5.28. The number of carbonyl (C=O) groups is 1. The van der Waals surface area contributed by atoms with Crippen molar-refractivity contribution in [2.24, 2.45) is 0 Å². The molecular weight excluding hydrogens is 284 g/mol. The van der Waals surface area contributed by atoms with Crippen LogP contribution in [0.25, 0.3) is 11.1 Å². The SMILES string of the molecule is O=C(NCCc1cccnc1)c1ccccc1-c1ccccc1. The van der Waals surface area contributed by atoms with Crippen molar-refractivity contribution in [3.63, 3.8) is 0 Å². The third-order valence-corrected chi connectivity index (χ3v) is 3.68. The molecule has 0 fully saturated rings.